The van der Waals surface area contributed by atoms with Crippen LogP contribution in [0.3, 0.4) is 0 Å². The lowest BCUT2D eigenvalue weighted by Crippen LogP contribution is -2.37. The highest BCUT2D eigenvalue weighted by molar-refractivity contribution is 5.31. The van der Waals surface area contributed by atoms with Crippen molar-refractivity contribution in [2.24, 2.45) is 0 Å². The molecule has 0 radical (unpaired) electrons. The molecule has 4 rings (SSSR count). The van der Waals surface area contributed by atoms with E-state index in [-0.39, 0.29) is 11.9 Å². The molecule has 1 aromatic carbocycles. The Hall–Kier alpha value is -2.80. The summed E-state index contributed by atoms with van der Waals surface area (Å²) < 4.78 is 20.7. The lowest BCUT2D eigenvalue weighted by molar-refractivity contribution is 0.0929. The van der Waals surface area contributed by atoms with Crippen molar-refractivity contribution in [1.82, 2.24) is 24.6 Å². The Morgan fingerprint density at radius 2 is 1.88 bits per heavy atom. The minimum absolute atomic E-state index is 0.185. The van der Waals surface area contributed by atoms with Gasteiger partial charge in [-0.1, -0.05) is 0 Å². The fourth-order valence-corrected chi connectivity index (χ4v) is 3.14. The van der Waals surface area contributed by atoms with Crippen LogP contribution < -0.4 is 4.74 Å². The lowest BCUT2D eigenvalue weighted by Gasteiger charge is -2.31. The number of piperidine rings is 1. The summed E-state index contributed by atoms with van der Waals surface area (Å²) in [6, 6.07) is 6.33. The van der Waals surface area contributed by atoms with Gasteiger partial charge in [-0.25, -0.2) is 14.1 Å². The van der Waals surface area contributed by atoms with E-state index in [0.29, 0.717) is 5.88 Å². The van der Waals surface area contributed by atoms with E-state index in [1.165, 1.54) is 12.1 Å². The fraction of sp³-hybridized carbons (Fsp3) is 0.316. The summed E-state index contributed by atoms with van der Waals surface area (Å²) in [6.45, 7) is 2.78. The van der Waals surface area contributed by atoms with Crippen LogP contribution in [-0.2, 0) is 6.54 Å². The first kappa shape index (κ1) is 16.7. The van der Waals surface area contributed by atoms with Crippen LogP contribution in [0.5, 0.6) is 5.88 Å². The van der Waals surface area contributed by atoms with E-state index in [4.69, 9.17) is 4.74 Å². The van der Waals surface area contributed by atoms with E-state index < -0.39 is 0 Å². The van der Waals surface area contributed by atoms with Gasteiger partial charge in [0.1, 0.15) is 11.9 Å². The topological polar surface area (TPSA) is 56.1 Å². The summed E-state index contributed by atoms with van der Waals surface area (Å²) in [5.74, 6) is 0.347. The summed E-state index contributed by atoms with van der Waals surface area (Å²) in [5, 5.41) is 4.38. The number of benzene rings is 1. The Morgan fingerprint density at radius 1 is 1.08 bits per heavy atom. The number of aromatic nitrogens is 4. The van der Waals surface area contributed by atoms with E-state index in [9.17, 15) is 4.39 Å². The van der Waals surface area contributed by atoms with Gasteiger partial charge in [0.2, 0.25) is 5.88 Å². The largest absolute Gasteiger partial charge is 0.473 e. The predicted molar refractivity (Wildman–Crippen MR) is 94.5 cm³/mol. The second-order valence-electron chi connectivity index (χ2n) is 6.41. The van der Waals surface area contributed by atoms with Crippen LogP contribution >= 0.6 is 0 Å². The average molecular weight is 353 g/mol. The Morgan fingerprint density at radius 3 is 2.62 bits per heavy atom. The molecule has 1 saturated heterocycles. The molecular formula is C19H20FN5O. The van der Waals surface area contributed by atoms with Gasteiger partial charge in [0.25, 0.3) is 0 Å². The normalized spacial score (nSPS) is 15.9. The summed E-state index contributed by atoms with van der Waals surface area (Å²) in [5.41, 5.74) is 2.00. The number of hydrogen-bond acceptors (Lipinski definition) is 5. The van der Waals surface area contributed by atoms with Crippen molar-refractivity contribution in [2.75, 3.05) is 13.1 Å². The SMILES string of the molecule is Fc1ccc(-n2cc(CN3CCC(Oc4cnccn4)CC3)cn2)cc1. The molecule has 1 fully saturated rings. The molecule has 26 heavy (non-hydrogen) atoms. The van der Waals surface area contributed by atoms with Gasteiger partial charge in [0.05, 0.1) is 18.1 Å². The molecular weight excluding hydrogens is 333 g/mol. The molecule has 3 heterocycles. The van der Waals surface area contributed by atoms with E-state index in [1.807, 2.05) is 12.4 Å². The van der Waals surface area contributed by atoms with Crippen LogP contribution in [0.25, 0.3) is 5.69 Å². The van der Waals surface area contributed by atoms with Gasteiger partial charge in [-0.05, 0) is 37.1 Å². The summed E-state index contributed by atoms with van der Waals surface area (Å²) in [4.78, 5) is 10.6. The van der Waals surface area contributed by atoms with Gasteiger partial charge in [0.15, 0.2) is 0 Å². The van der Waals surface area contributed by atoms with Crippen LogP contribution in [0.4, 0.5) is 4.39 Å². The van der Waals surface area contributed by atoms with Crippen LogP contribution in [0, 0.1) is 5.82 Å². The molecule has 0 bridgehead atoms. The number of likely N-dealkylation sites (tertiary alicyclic amines) is 1. The van der Waals surface area contributed by atoms with Crippen molar-refractivity contribution in [2.45, 2.75) is 25.5 Å². The lowest BCUT2D eigenvalue weighted by atomic mass is 10.1. The minimum atomic E-state index is -0.243. The standard InChI is InChI=1S/C19H20FN5O/c20-16-1-3-17(4-2-16)25-14-15(11-23-25)13-24-9-5-18(6-10-24)26-19-12-21-7-8-22-19/h1-4,7-8,11-12,14,18H,5-6,9-10,13H2. The molecule has 0 spiro atoms. The Balaban J connectivity index is 1.30. The molecule has 6 nitrogen and oxygen atoms in total. The van der Waals surface area contributed by atoms with Gasteiger partial charge in [-0.3, -0.25) is 9.88 Å². The summed E-state index contributed by atoms with van der Waals surface area (Å²) >= 11 is 0. The van der Waals surface area contributed by atoms with Crippen molar-refractivity contribution in [1.29, 1.82) is 0 Å². The predicted octanol–water partition coefficient (Wildman–Crippen LogP) is 2.84. The number of ether oxygens (including phenoxy) is 1. The molecule has 0 amide bonds. The number of rotatable bonds is 5. The highest BCUT2D eigenvalue weighted by Gasteiger charge is 2.21. The highest BCUT2D eigenvalue weighted by atomic mass is 19.1. The second-order valence-corrected chi connectivity index (χ2v) is 6.41. The zero-order valence-corrected chi connectivity index (χ0v) is 14.3. The van der Waals surface area contributed by atoms with Crippen molar-refractivity contribution < 1.29 is 9.13 Å². The molecule has 0 unspecified atom stereocenters. The maximum absolute atomic E-state index is 13.0. The third-order valence-corrected chi connectivity index (χ3v) is 4.49. The summed E-state index contributed by atoms with van der Waals surface area (Å²) in [6.07, 6.45) is 10.9. The number of nitrogens with zero attached hydrogens (tertiary/aromatic N) is 5. The van der Waals surface area contributed by atoms with Gasteiger partial charge in [-0.15, -0.1) is 0 Å². The van der Waals surface area contributed by atoms with E-state index in [1.54, 1.807) is 35.4 Å². The van der Waals surface area contributed by atoms with E-state index in [0.717, 1.165) is 43.7 Å². The van der Waals surface area contributed by atoms with Gasteiger partial charge in [-0.2, -0.15) is 5.10 Å². The van der Waals surface area contributed by atoms with Crippen molar-refractivity contribution in [3.05, 3.63) is 66.6 Å². The molecule has 1 aliphatic rings. The molecule has 1 aliphatic heterocycles. The van der Waals surface area contributed by atoms with Crippen molar-refractivity contribution in [3.8, 4) is 11.6 Å². The number of hydrogen-bond donors (Lipinski definition) is 0. The first-order valence-electron chi connectivity index (χ1n) is 8.71. The summed E-state index contributed by atoms with van der Waals surface area (Å²) in [7, 11) is 0. The number of halogens is 1. The first-order chi connectivity index (χ1) is 12.8. The molecule has 0 saturated carbocycles. The van der Waals surface area contributed by atoms with E-state index in [2.05, 4.69) is 20.0 Å². The van der Waals surface area contributed by atoms with Crippen LogP contribution in [0.1, 0.15) is 18.4 Å². The highest BCUT2D eigenvalue weighted by Crippen LogP contribution is 2.18. The first-order valence-corrected chi connectivity index (χ1v) is 8.71. The third kappa shape index (κ3) is 4.05. The quantitative estimate of drug-likeness (QED) is 0.706. The van der Waals surface area contributed by atoms with Crippen LogP contribution in [0.15, 0.2) is 55.2 Å². The van der Waals surface area contributed by atoms with Crippen molar-refractivity contribution >= 4 is 0 Å². The zero-order valence-electron chi connectivity index (χ0n) is 14.3. The molecule has 3 aromatic rings. The molecule has 2 aromatic heterocycles. The average Bonchev–Trinajstić information content (AvgIpc) is 3.13. The Kier molecular flexibility index (Phi) is 4.88. The van der Waals surface area contributed by atoms with Gasteiger partial charge >= 0.3 is 0 Å². The maximum atomic E-state index is 13.0. The fourth-order valence-electron chi connectivity index (χ4n) is 3.14. The zero-order chi connectivity index (χ0) is 17.8. The van der Waals surface area contributed by atoms with Crippen LogP contribution in [0.2, 0.25) is 0 Å². The molecule has 0 aliphatic carbocycles. The second kappa shape index (κ2) is 7.61. The molecule has 0 atom stereocenters. The molecule has 134 valence electrons. The minimum Gasteiger partial charge on any atom is -0.473 e. The van der Waals surface area contributed by atoms with Gasteiger partial charge < -0.3 is 4.74 Å². The van der Waals surface area contributed by atoms with E-state index >= 15 is 0 Å². The smallest absolute Gasteiger partial charge is 0.232 e. The van der Waals surface area contributed by atoms with Crippen LogP contribution in [-0.4, -0.2) is 43.8 Å². The Bertz CT molecular complexity index is 829. The van der Waals surface area contributed by atoms with Crippen molar-refractivity contribution in [3.63, 3.8) is 0 Å². The monoisotopic (exact) mass is 353 g/mol. The molecule has 0 N–H and O–H groups in total. The van der Waals surface area contributed by atoms with Gasteiger partial charge in [0, 0.05) is 43.8 Å². The maximum Gasteiger partial charge on any atom is 0.232 e. The third-order valence-electron chi connectivity index (χ3n) is 4.49. The Labute approximate surface area is 151 Å². The molecule has 7 heteroatoms.